The van der Waals surface area contributed by atoms with Crippen molar-refractivity contribution in [3.8, 4) is 0 Å². The van der Waals surface area contributed by atoms with Gasteiger partial charge in [-0.05, 0) is 57.5 Å². The number of amides is 1. The Morgan fingerprint density at radius 3 is 2.80 bits per heavy atom. The molecule has 20 heavy (non-hydrogen) atoms. The zero-order valence-corrected chi connectivity index (χ0v) is 14.0. The molecular formula is C15H10BrFINO. The van der Waals surface area contributed by atoms with Gasteiger partial charge in [-0.2, -0.15) is 0 Å². The highest BCUT2D eigenvalue weighted by atomic mass is 127. The van der Waals surface area contributed by atoms with Crippen molar-refractivity contribution in [2.45, 2.75) is 11.2 Å². The molecule has 1 aliphatic rings. The molecule has 102 valence electrons. The number of rotatable bonds is 2. The van der Waals surface area contributed by atoms with Gasteiger partial charge in [0.05, 0.1) is 11.2 Å². The quantitative estimate of drug-likeness (QED) is 0.538. The van der Waals surface area contributed by atoms with E-state index in [1.54, 1.807) is 6.07 Å². The van der Waals surface area contributed by atoms with Crippen LogP contribution in [-0.4, -0.2) is 5.91 Å². The molecule has 0 aliphatic carbocycles. The van der Waals surface area contributed by atoms with E-state index in [1.807, 2.05) is 18.2 Å². The van der Waals surface area contributed by atoms with Crippen LogP contribution in [0.5, 0.6) is 0 Å². The van der Waals surface area contributed by atoms with Gasteiger partial charge >= 0.3 is 0 Å². The Labute approximate surface area is 138 Å². The summed E-state index contributed by atoms with van der Waals surface area (Å²) in [5.74, 6) is -0.207. The van der Waals surface area contributed by atoms with E-state index in [-0.39, 0.29) is 16.6 Å². The standard InChI is InChI=1S/C15H10BrFINO/c16-15(11-3-2-10(17)7-12(11)18)8-1-4-13-9(5-8)6-14(20)19-13/h1-5,7,15H,6H2,(H,19,20). The number of anilines is 1. The molecular weight excluding hydrogens is 436 g/mol. The Bertz CT molecular complexity index is 704. The minimum atomic E-state index is -0.235. The van der Waals surface area contributed by atoms with Crippen LogP contribution in [0, 0.1) is 9.39 Å². The molecule has 1 heterocycles. The molecule has 1 aliphatic heterocycles. The molecule has 0 fully saturated rings. The van der Waals surface area contributed by atoms with Crippen molar-refractivity contribution in [2.24, 2.45) is 0 Å². The minimum absolute atomic E-state index is 0.0176. The second-order valence-electron chi connectivity index (χ2n) is 4.67. The van der Waals surface area contributed by atoms with Gasteiger partial charge in [0.15, 0.2) is 0 Å². The second-order valence-corrected chi connectivity index (χ2v) is 6.75. The molecule has 1 unspecified atom stereocenters. The Morgan fingerprint density at radius 2 is 2.05 bits per heavy atom. The first kappa shape index (κ1) is 14.0. The lowest BCUT2D eigenvalue weighted by Gasteiger charge is -2.14. The fraction of sp³-hybridized carbons (Fsp3) is 0.133. The van der Waals surface area contributed by atoms with Crippen molar-refractivity contribution >= 4 is 50.1 Å². The van der Waals surface area contributed by atoms with Crippen LogP contribution in [-0.2, 0) is 11.2 Å². The molecule has 0 radical (unpaired) electrons. The van der Waals surface area contributed by atoms with Crippen LogP contribution in [0.1, 0.15) is 21.5 Å². The van der Waals surface area contributed by atoms with Crippen molar-refractivity contribution < 1.29 is 9.18 Å². The van der Waals surface area contributed by atoms with Crippen LogP contribution >= 0.6 is 38.5 Å². The number of carbonyl (C=O) groups excluding carboxylic acids is 1. The summed E-state index contributed by atoms with van der Waals surface area (Å²) in [4.78, 5) is 11.4. The van der Waals surface area contributed by atoms with E-state index < -0.39 is 0 Å². The molecule has 0 saturated carbocycles. The van der Waals surface area contributed by atoms with Gasteiger partial charge in [0, 0.05) is 9.26 Å². The molecule has 0 aromatic heterocycles. The van der Waals surface area contributed by atoms with E-state index in [4.69, 9.17) is 0 Å². The highest BCUT2D eigenvalue weighted by molar-refractivity contribution is 14.1. The van der Waals surface area contributed by atoms with Crippen molar-refractivity contribution in [1.82, 2.24) is 0 Å². The summed E-state index contributed by atoms with van der Waals surface area (Å²) in [6, 6.07) is 10.7. The third kappa shape index (κ3) is 2.61. The SMILES string of the molecule is O=C1Cc2cc(C(Br)c3ccc(F)cc3I)ccc2N1. The largest absolute Gasteiger partial charge is 0.326 e. The fourth-order valence-corrected chi connectivity index (χ4v) is 4.19. The lowest BCUT2D eigenvalue weighted by Crippen LogP contribution is -2.03. The van der Waals surface area contributed by atoms with Gasteiger partial charge in [-0.25, -0.2) is 4.39 Å². The summed E-state index contributed by atoms with van der Waals surface area (Å²) >= 11 is 5.79. The Balaban J connectivity index is 1.97. The summed E-state index contributed by atoms with van der Waals surface area (Å²) in [7, 11) is 0. The molecule has 3 rings (SSSR count). The number of nitrogens with one attached hydrogen (secondary N) is 1. The number of halogens is 3. The van der Waals surface area contributed by atoms with Crippen LogP contribution in [0.25, 0.3) is 0 Å². The van der Waals surface area contributed by atoms with Crippen molar-refractivity contribution in [2.75, 3.05) is 5.32 Å². The topological polar surface area (TPSA) is 29.1 Å². The van der Waals surface area contributed by atoms with E-state index >= 15 is 0 Å². The molecule has 5 heteroatoms. The van der Waals surface area contributed by atoms with Crippen molar-refractivity contribution in [3.63, 3.8) is 0 Å². The zero-order valence-electron chi connectivity index (χ0n) is 10.3. The van der Waals surface area contributed by atoms with Gasteiger partial charge in [0.1, 0.15) is 5.82 Å². The third-order valence-electron chi connectivity index (χ3n) is 3.28. The number of hydrogen-bond acceptors (Lipinski definition) is 1. The Kier molecular flexibility index (Phi) is 3.81. The Hall–Kier alpha value is -0.950. The molecule has 2 nitrogen and oxygen atoms in total. The lowest BCUT2D eigenvalue weighted by molar-refractivity contribution is -0.115. The molecule has 0 saturated heterocycles. The summed E-state index contributed by atoms with van der Waals surface area (Å²) in [5, 5.41) is 2.82. The average Bonchev–Trinajstić information content (AvgIpc) is 2.77. The van der Waals surface area contributed by atoms with Gasteiger partial charge in [-0.1, -0.05) is 34.1 Å². The van der Waals surface area contributed by atoms with E-state index in [0.717, 1.165) is 25.9 Å². The van der Waals surface area contributed by atoms with Gasteiger partial charge in [0.2, 0.25) is 5.91 Å². The summed E-state index contributed by atoms with van der Waals surface area (Å²) in [5.41, 5.74) is 3.97. The molecule has 1 atom stereocenters. The van der Waals surface area contributed by atoms with E-state index in [9.17, 15) is 9.18 Å². The van der Waals surface area contributed by atoms with Crippen molar-refractivity contribution in [3.05, 3.63) is 62.5 Å². The fourth-order valence-electron chi connectivity index (χ4n) is 2.29. The van der Waals surface area contributed by atoms with Crippen LogP contribution in [0.2, 0.25) is 0 Å². The Morgan fingerprint density at radius 1 is 1.25 bits per heavy atom. The lowest BCUT2D eigenvalue weighted by atomic mass is 10.0. The van der Waals surface area contributed by atoms with E-state index in [0.29, 0.717) is 6.42 Å². The highest BCUT2D eigenvalue weighted by Crippen LogP contribution is 2.36. The first-order valence-electron chi connectivity index (χ1n) is 6.06. The number of carbonyl (C=O) groups is 1. The first-order valence-corrected chi connectivity index (χ1v) is 8.06. The van der Waals surface area contributed by atoms with Crippen molar-refractivity contribution in [1.29, 1.82) is 0 Å². The minimum Gasteiger partial charge on any atom is -0.326 e. The number of hydrogen-bond donors (Lipinski definition) is 1. The van der Waals surface area contributed by atoms with E-state index in [2.05, 4.69) is 43.8 Å². The monoisotopic (exact) mass is 445 g/mol. The zero-order chi connectivity index (χ0) is 14.3. The normalized spacial score (nSPS) is 14.8. The third-order valence-corrected chi connectivity index (χ3v) is 5.24. The van der Waals surface area contributed by atoms with E-state index in [1.165, 1.54) is 12.1 Å². The predicted octanol–water partition coefficient (Wildman–Crippen LogP) is 4.41. The maximum absolute atomic E-state index is 13.2. The molecule has 1 amide bonds. The maximum atomic E-state index is 13.2. The highest BCUT2D eigenvalue weighted by Gasteiger charge is 2.20. The maximum Gasteiger partial charge on any atom is 0.228 e. The number of alkyl halides is 1. The van der Waals surface area contributed by atoms with Crippen LogP contribution in [0.15, 0.2) is 36.4 Å². The average molecular weight is 446 g/mol. The van der Waals surface area contributed by atoms with Gasteiger partial charge < -0.3 is 5.32 Å². The number of fused-ring (bicyclic) bond motifs is 1. The molecule has 0 spiro atoms. The summed E-state index contributed by atoms with van der Waals surface area (Å²) < 4.78 is 14.0. The summed E-state index contributed by atoms with van der Waals surface area (Å²) in [6.45, 7) is 0. The van der Waals surface area contributed by atoms with Crippen LogP contribution in [0.3, 0.4) is 0 Å². The van der Waals surface area contributed by atoms with Gasteiger partial charge in [0.25, 0.3) is 0 Å². The molecule has 2 aromatic rings. The molecule has 0 bridgehead atoms. The summed E-state index contributed by atoms with van der Waals surface area (Å²) in [6.07, 6.45) is 0.420. The van der Waals surface area contributed by atoms with Crippen LogP contribution < -0.4 is 5.32 Å². The predicted molar refractivity (Wildman–Crippen MR) is 88.7 cm³/mol. The van der Waals surface area contributed by atoms with Gasteiger partial charge in [-0.3, -0.25) is 4.79 Å². The van der Waals surface area contributed by atoms with Gasteiger partial charge in [-0.15, -0.1) is 0 Å². The molecule has 1 N–H and O–H groups in total. The number of benzene rings is 2. The van der Waals surface area contributed by atoms with Crippen LogP contribution in [0.4, 0.5) is 10.1 Å². The molecule has 2 aromatic carbocycles. The second kappa shape index (κ2) is 5.44. The smallest absolute Gasteiger partial charge is 0.228 e. The first-order chi connectivity index (χ1) is 9.54.